The third kappa shape index (κ3) is 6.09. The molecule has 0 aliphatic carbocycles. The van der Waals surface area contributed by atoms with Crippen molar-refractivity contribution in [2.45, 2.75) is 68.1 Å². The molecule has 0 aromatic heterocycles. The molecule has 0 spiro atoms. The summed E-state index contributed by atoms with van der Waals surface area (Å²) in [5, 5.41) is 8.36. The van der Waals surface area contributed by atoms with Crippen molar-refractivity contribution in [1.29, 1.82) is 0 Å². The fourth-order valence-corrected chi connectivity index (χ4v) is 2.06. The third-order valence-electron chi connectivity index (χ3n) is 4.01. The summed E-state index contributed by atoms with van der Waals surface area (Å²) in [7, 11) is 0. The number of ether oxygens (including phenoxy) is 2. The molecule has 31 heavy (non-hydrogen) atoms. The molecule has 0 saturated carbocycles. The molecule has 3 nitrogen and oxygen atoms in total. The molecule has 0 fully saturated rings. The van der Waals surface area contributed by atoms with E-state index < -0.39 is 75.0 Å². The van der Waals surface area contributed by atoms with Gasteiger partial charge in [0, 0.05) is 19.8 Å². The van der Waals surface area contributed by atoms with E-state index in [1.807, 2.05) is 0 Å². The first-order valence-electron chi connectivity index (χ1n) is 8.90. The summed E-state index contributed by atoms with van der Waals surface area (Å²) in [6.45, 7) is -5.76. The van der Waals surface area contributed by atoms with E-state index in [0.29, 0.717) is 12.8 Å². The van der Waals surface area contributed by atoms with Gasteiger partial charge < -0.3 is 14.6 Å². The Hall–Kier alpha value is -0.960. The van der Waals surface area contributed by atoms with Gasteiger partial charge >= 0.3 is 35.5 Å². The molecule has 0 saturated heterocycles. The summed E-state index contributed by atoms with van der Waals surface area (Å²) in [6, 6.07) is 0. The number of hydrogen-bond acceptors (Lipinski definition) is 3. The van der Waals surface area contributed by atoms with Crippen LogP contribution in [0.4, 0.5) is 52.7 Å². The molecule has 0 aliphatic heterocycles. The van der Waals surface area contributed by atoms with Crippen molar-refractivity contribution >= 4 is 0 Å². The fraction of sp³-hybridized carbons (Fsp3) is 1.00. The topological polar surface area (TPSA) is 38.7 Å². The SMILES string of the molecule is CCCCCOCC(F)(F)C(F)(F)C(F)(F)C(F)(F)C(F)(F)C(F)(F)COCCCO. The highest BCUT2D eigenvalue weighted by molar-refractivity contribution is 5.11. The summed E-state index contributed by atoms with van der Waals surface area (Å²) in [6.07, 6.45) is 0.465. The average molecular weight is 490 g/mol. The fourth-order valence-electron chi connectivity index (χ4n) is 2.06. The van der Waals surface area contributed by atoms with Crippen molar-refractivity contribution in [1.82, 2.24) is 0 Å². The summed E-state index contributed by atoms with van der Waals surface area (Å²) in [5.41, 5.74) is 0. The van der Waals surface area contributed by atoms with Gasteiger partial charge in [0.25, 0.3) is 0 Å². The lowest BCUT2D eigenvalue weighted by atomic mass is 9.91. The number of halogens is 12. The van der Waals surface area contributed by atoms with E-state index in [1.165, 1.54) is 0 Å². The Morgan fingerprint density at radius 1 is 0.548 bits per heavy atom. The number of aliphatic hydroxyl groups is 1. The molecule has 0 aromatic rings. The van der Waals surface area contributed by atoms with Crippen molar-refractivity contribution in [2.24, 2.45) is 0 Å². The largest absolute Gasteiger partial charge is 0.396 e. The number of hydrogen-bond donors (Lipinski definition) is 1. The molecule has 15 heteroatoms. The molecule has 0 unspecified atom stereocenters. The molecule has 1 N–H and O–H groups in total. The maximum absolute atomic E-state index is 13.7. The van der Waals surface area contributed by atoms with E-state index in [9.17, 15) is 52.7 Å². The Bertz CT molecular complexity index is 540. The second kappa shape index (κ2) is 10.8. The van der Waals surface area contributed by atoms with Gasteiger partial charge in [0.15, 0.2) is 0 Å². The normalized spacial score (nSPS) is 14.9. The summed E-state index contributed by atoms with van der Waals surface area (Å²) in [4.78, 5) is 0. The van der Waals surface area contributed by atoms with E-state index in [2.05, 4.69) is 9.47 Å². The number of unbranched alkanes of at least 4 members (excludes halogenated alkanes) is 2. The Morgan fingerprint density at radius 2 is 0.903 bits per heavy atom. The van der Waals surface area contributed by atoms with Crippen LogP contribution in [0.2, 0.25) is 0 Å². The molecular weight excluding hydrogens is 468 g/mol. The molecule has 0 atom stereocenters. The first kappa shape index (κ1) is 30.0. The van der Waals surface area contributed by atoms with Crippen LogP contribution in [0.3, 0.4) is 0 Å². The van der Waals surface area contributed by atoms with Crippen LogP contribution in [0.25, 0.3) is 0 Å². The second-order valence-electron chi connectivity index (χ2n) is 6.60. The van der Waals surface area contributed by atoms with E-state index in [4.69, 9.17) is 5.11 Å². The Balaban J connectivity index is 5.69. The van der Waals surface area contributed by atoms with Gasteiger partial charge in [-0.2, -0.15) is 52.7 Å². The van der Waals surface area contributed by atoms with E-state index in [-0.39, 0.29) is 6.42 Å². The summed E-state index contributed by atoms with van der Waals surface area (Å²) < 4.78 is 171. The van der Waals surface area contributed by atoms with Crippen molar-refractivity contribution in [3.63, 3.8) is 0 Å². The molecule has 0 radical (unpaired) electrons. The lowest BCUT2D eigenvalue weighted by molar-refractivity contribution is -0.429. The maximum Gasteiger partial charge on any atom is 0.384 e. The molecule has 0 amide bonds. The lowest BCUT2D eigenvalue weighted by Gasteiger charge is -2.41. The van der Waals surface area contributed by atoms with E-state index in [0.717, 1.165) is 0 Å². The quantitative estimate of drug-likeness (QED) is 0.233. The van der Waals surface area contributed by atoms with Crippen LogP contribution in [0.1, 0.15) is 32.6 Å². The zero-order valence-corrected chi connectivity index (χ0v) is 16.2. The Labute approximate surface area is 169 Å². The van der Waals surface area contributed by atoms with Crippen LogP contribution in [0.15, 0.2) is 0 Å². The van der Waals surface area contributed by atoms with Crippen molar-refractivity contribution in [2.75, 3.05) is 33.0 Å². The van der Waals surface area contributed by atoms with E-state index in [1.54, 1.807) is 6.92 Å². The average Bonchev–Trinajstić information content (AvgIpc) is 2.64. The molecular formula is C16H22F12O3. The lowest BCUT2D eigenvalue weighted by Crippen LogP contribution is -2.71. The second-order valence-corrected chi connectivity index (χ2v) is 6.60. The first-order chi connectivity index (χ1) is 13.9. The predicted octanol–water partition coefficient (Wildman–Crippen LogP) is 5.40. The van der Waals surface area contributed by atoms with Gasteiger partial charge in [0.1, 0.15) is 13.2 Å². The van der Waals surface area contributed by atoms with Crippen LogP contribution < -0.4 is 0 Å². The van der Waals surface area contributed by atoms with Gasteiger partial charge in [-0.15, -0.1) is 0 Å². The Morgan fingerprint density at radius 3 is 1.23 bits per heavy atom. The van der Waals surface area contributed by atoms with Gasteiger partial charge in [-0.3, -0.25) is 0 Å². The van der Waals surface area contributed by atoms with Crippen molar-refractivity contribution in [3.05, 3.63) is 0 Å². The zero-order valence-electron chi connectivity index (χ0n) is 16.2. The summed E-state index contributed by atoms with van der Waals surface area (Å²) in [5.74, 6) is -41.9. The van der Waals surface area contributed by atoms with Gasteiger partial charge in [0.05, 0.1) is 0 Å². The van der Waals surface area contributed by atoms with E-state index >= 15 is 0 Å². The smallest absolute Gasteiger partial charge is 0.384 e. The van der Waals surface area contributed by atoms with Crippen molar-refractivity contribution in [3.8, 4) is 0 Å². The van der Waals surface area contributed by atoms with Gasteiger partial charge in [-0.25, -0.2) is 0 Å². The number of aliphatic hydroxyl groups excluding tert-OH is 1. The highest BCUT2D eigenvalue weighted by Crippen LogP contribution is 2.60. The van der Waals surface area contributed by atoms with Crippen LogP contribution in [0.5, 0.6) is 0 Å². The minimum atomic E-state index is -7.63. The Kier molecular flexibility index (Phi) is 10.4. The summed E-state index contributed by atoms with van der Waals surface area (Å²) >= 11 is 0. The maximum atomic E-state index is 13.7. The molecule has 188 valence electrons. The zero-order chi connectivity index (χ0) is 24.8. The minimum Gasteiger partial charge on any atom is -0.396 e. The van der Waals surface area contributed by atoms with Gasteiger partial charge in [0.2, 0.25) is 0 Å². The molecule has 0 rings (SSSR count). The van der Waals surface area contributed by atoms with Gasteiger partial charge in [-0.1, -0.05) is 19.8 Å². The van der Waals surface area contributed by atoms with Crippen molar-refractivity contribution < 1.29 is 67.3 Å². The minimum absolute atomic E-state index is 0.0191. The van der Waals surface area contributed by atoms with Crippen LogP contribution in [0, 0.1) is 0 Å². The molecule has 0 heterocycles. The molecule has 0 bridgehead atoms. The van der Waals surface area contributed by atoms with Crippen LogP contribution in [-0.4, -0.2) is 73.7 Å². The molecule has 0 aromatic carbocycles. The van der Waals surface area contributed by atoms with Crippen LogP contribution in [-0.2, 0) is 9.47 Å². The highest BCUT2D eigenvalue weighted by atomic mass is 19.4. The third-order valence-corrected chi connectivity index (χ3v) is 4.01. The first-order valence-corrected chi connectivity index (χ1v) is 8.90. The monoisotopic (exact) mass is 490 g/mol. The van der Waals surface area contributed by atoms with Crippen LogP contribution >= 0.6 is 0 Å². The van der Waals surface area contributed by atoms with Gasteiger partial charge in [-0.05, 0) is 12.8 Å². The molecule has 0 aliphatic rings. The predicted molar refractivity (Wildman–Crippen MR) is 82.5 cm³/mol. The number of rotatable bonds is 16. The number of alkyl halides is 12. The highest BCUT2D eigenvalue weighted by Gasteiger charge is 2.90. The standard InChI is InChI=1S/C16H22F12O3/c1-2-3-4-7-30-9-11(17,18)13(21,22)15(25,26)16(27,28)14(23,24)12(19,20)10-31-8-5-6-29/h29H,2-10H2,1H3.